The van der Waals surface area contributed by atoms with Crippen LogP contribution in [-0.4, -0.2) is 29.6 Å². The van der Waals surface area contributed by atoms with Crippen molar-refractivity contribution in [2.24, 2.45) is 0 Å². The van der Waals surface area contributed by atoms with Gasteiger partial charge < -0.3 is 14.6 Å². The van der Waals surface area contributed by atoms with Gasteiger partial charge in [-0.05, 0) is 44.0 Å². The van der Waals surface area contributed by atoms with E-state index in [4.69, 9.17) is 9.47 Å². The Labute approximate surface area is 127 Å². The van der Waals surface area contributed by atoms with E-state index in [0.717, 1.165) is 5.56 Å². The molecule has 0 saturated heterocycles. The van der Waals surface area contributed by atoms with Gasteiger partial charge in [-0.3, -0.25) is 0 Å². The van der Waals surface area contributed by atoms with Crippen molar-refractivity contribution < 1.29 is 19.4 Å². The average molecular weight is 343 g/mol. The Balaban J connectivity index is 3.04. The van der Waals surface area contributed by atoms with E-state index in [-0.39, 0.29) is 17.8 Å². The second-order valence-corrected chi connectivity index (χ2v) is 5.29. The summed E-state index contributed by atoms with van der Waals surface area (Å²) in [6, 6.07) is 4.92. The molecule has 0 unspecified atom stereocenters. The highest BCUT2D eigenvalue weighted by Crippen LogP contribution is 2.27. The molecular formula is C15H19BrO4. The number of rotatable bonds is 6. The summed E-state index contributed by atoms with van der Waals surface area (Å²) in [5, 5.41) is 10.2. The molecule has 1 aromatic rings. The molecule has 0 radical (unpaired) electrons. The summed E-state index contributed by atoms with van der Waals surface area (Å²) in [6.45, 7) is 3.63. The second-order valence-electron chi connectivity index (χ2n) is 4.49. The van der Waals surface area contributed by atoms with E-state index in [2.05, 4.69) is 15.9 Å². The van der Waals surface area contributed by atoms with E-state index in [1.165, 1.54) is 13.2 Å². The monoisotopic (exact) mass is 342 g/mol. The molecule has 0 amide bonds. The third kappa shape index (κ3) is 4.89. The van der Waals surface area contributed by atoms with Crippen molar-refractivity contribution >= 4 is 28.0 Å². The molecule has 1 N–H and O–H groups in total. The van der Waals surface area contributed by atoms with Crippen LogP contribution in [-0.2, 0) is 9.53 Å². The number of benzene rings is 1. The summed E-state index contributed by atoms with van der Waals surface area (Å²) in [5.41, 5.74) is 1.35. The highest BCUT2D eigenvalue weighted by Gasteiger charge is 2.13. The lowest BCUT2D eigenvalue weighted by Gasteiger charge is -2.10. The summed E-state index contributed by atoms with van der Waals surface area (Å²) in [6.07, 6.45) is 2.15. The van der Waals surface area contributed by atoms with Crippen LogP contribution in [0.2, 0.25) is 0 Å². The molecule has 0 aliphatic rings. The van der Waals surface area contributed by atoms with Crippen molar-refractivity contribution in [2.45, 2.75) is 26.4 Å². The first-order valence-corrected chi connectivity index (χ1v) is 7.44. The molecule has 1 aromatic carbocycles. The van der Waals surface area contributed by atoms with Crippen molar-refractivity contribution in [3.8, 4) is 11.5 Å². The Hall–Kier alpha value is -1.49. The SMILES string of the molecule is COc1cc(/C=C(\CCBr)C(=O)OC(C)C)ccc1O. The first-order chi connectivity index (χ1) is 9.47. The van der Waals surface area contributed by atoms with Gasteiger partial charge in [0.1, 0.15) is 0 Å². The van der Waals surface area contributed by atoms with Crippen LogP contribution in [0.1, 0.15) is 25.8 Å². The number of phenolic OH excluding ortho intramolecular Hbond substituents is 1. The molecule has 0 spiro atoms. The summed E-state index contributed by atoms with van der Waals surface area (Å²) in [7, 11) is 1.48. The molecule has 5 heteroatoms. The van der Waals surface area contributed by atoms with Gasteiger partial charge in [0.2, 0.25) is 0 Å². The number of phenols is 1. The Bertz CT molecular complexity index is 495. The lowest BCUT2D eigenvalue weighted by Crippen LogP contribution is -2.14. The molecule has 110 valence electrons. The van der Waals surface area contributed by atoms with E-state index in [0.29, 0.717) is 23.1 Å². The van der Waals surface area contributed by atoms with Crippen molar-refractivity contribution in [1.82, 2.24) is 0 Å². The minimum Gasteiger partial charge on any atom is -0.504 e. The molecule has 20 heavy (non-hydrogen) atoms. The van der Waals surface area contributed by atoms with Gasteiger partial charge in [0.25, 0.3) is 0 Å². The quantitative estimate of drug-likeness (QED) is 0.488. The van der Waals surface area contributed by atoms with Gasteiger partial charge in [-0.1, -0.05) is 22.0 Å². The summed E-state index contributed by atoms with van der Waals surface area (Å²) >= 11 is 3.32. The Kier molecular flexibility index (Phi) is 6.58. The van der Waals surface area contributed by atoms with Gasteiger partial charge in [0.05, 0.1) is 13.2 Å². The van der Waals surface area contributed by atoms with Crippen LogP contribution < -0.4 is 4.74 Å². The molecule has 0 aliphatic carbocycles. The Morgan fingerprint density at radius 3 is 2.70 bits per heavy atom. The summed E-state index contributed by atoms with van der Waals surface area (Å²) < 4.78 is 10.3. The predicted octanol–water partition coefficient (Wildman–Crippen LogP) is 3.52. The largest absolute Gasteiger partial charge is 0.504 e. The van der Waals surface area contributed by atoms with Gasteiger partial charge in [-0.2, -0.15) is 0 Å². The van der Waals surface area contributed by atoms with Crippen LogP contribution in [0.4, 0.5) is 0 Å². The second kappa shape index (κ2) is 7.94. The predicted molar refractivity (Wildman–Crippen MR) is 82.3 cm³/mol. The molecular weight excluding hydrogens is 324 g/mol. The highest BCUT2D eigenvalue weighted by atomic mass is 79.9. The number of ether oxygens (including phenoxy) is 2. The average Bonchev–Trinajstić information content (AvgIpc) is 2.39. The summed E-state index contributed by atoms with van der Waals surface area (Å²) in [5.74, 6) is 0.108. The van der Waals surface area contributed by atoms with E-state index in [9.17, 15) is 9.90 Å². The van der Waals surface area contributed by atoms with Crippen molar-refractivity contribution in [3.63, 3.8) is 0 Å². The van der Waals surface area contributed by atoms with Crippen molar-refractivity contribution in [2.75, 3.05) is 12.4 Å². The lowest BCUT2D eigenvalue weighted by molar-refractivity contribution is -0.142. The number of hydrogen-bond donors (Lipinski definition) is 1. The number of esters is 1. The number of hydrogen-bond acceptors (Lipinski definition) is 4. The zero-order valence-corrected chi connectivity index (χ0v) is 13.4. The number of carbonyl (C=O) groups excluding carboxylic acids is 1. The number of alkyl halides is 1. The summed E-state index contributed by atoms with van der Waals surface area (Å²) in [4.78, 5) is 12.0. The zero-order valence-electron chi connectivity index (χ0n) is 11.9. The highest BCUT2D eigenvalue weighted by molar-refractivity contribution is 9.09. The van der Waals surface area contributed by atoms with Crippen LogP contribution in [0.25, 0.3) is 6.08 Å². The molecule has 0 heterocycles. The molecule has 0 aromatic heterocycles. The normalized spacial score (nSPS) is 11.6. The minimum atomic E-state index is -0.327. The number of carbonyl (C=O) groups is 1. The zero-order chi connectivity index (χ0) is 15.1. The van der Waals surface area contributed by atoms with Crippen molar-refractivity contribution in [3.05, 3.63) is 29.3 Å². The standard InChI is InChI=1S/C15H19BrO4/c1-10(2)20-15(18)12(6-7-16)8-11-4-5-13(17)14(9-11)19-3/h4-5,8-10,17H,6-7H2,1-3H3/b12-8+. The first-order valence-electron chi connectivity index (χ1n) is 6.32. The van der Waals surface area contributed by atoms with Crippen molar-refractivity contribution in [1.29, 1.82) is 0 Å². The van der Waals surface area contributed by atoms with Gasteiger partial charge in [0, 0.05) is 10.9 Å². The topological polar surface area (TPSA) is 55.8 Å². The van der Waals surface area contributed by atoms with Gasteiger partial charge in [0.15, 0.2) is 11.5 Å². The van der Waals surface area contributed by atoms with Crippen LogP contribution in [0.5, 0.6) is 11.5 Å². The van der Waals surface area contributed by atoms with Gasteiger partial charge in [-0.25, -0.2) is 4.79 Å². The smallest absolute Gasteiger partial charge is 0.334 e. The lowest BCUT2D eigenvalue weighted by atomic mass is 10.1. The van der Waals surface area contributed by atoms with Crippen LogP contribution >= 0.6 is 15.9 Å². The van der Waals surface area contributed by atoms with E-state index < -0.39 is 0 Å². The maximum absolute atomic E-state index is 12.0. The first kappa shape index (κ1) is 16.6. The molecule has 0 bridgehead atoms. The maximum Gasteiger partial charge on any atom is 0.334 e. The molecule has 4 nitrogen and oxygen atoms in total. The fourth-order valence-corrected chi connectivity index (χ4v) is 2.04. The van der Waals surface area contributed by atoms with Gasteiger partial charge in [-0.15, -0.1) is 0 Å². The van der Waals surface area contributed by atoms with Crippen LogP contribution in [0.15, 0.2) is 23.8 Å². The molecule has 0 fully saturated rings. The van der Waals surface area contributed by atoms with Gasteiger partial charge >= 0.3 is 5.97 Å². The van der Waals surface area contributed by atoms with E-state index in [1.807, 2.05) is 13.8 Å². The fourth-order valence-electron chi connectivity index (χ4n) is 1.61. The van der Waals surface area contributed by atoms with E-state index in [1.54, 1.807) is 18.2 Å². The number of halogens is 1. The number of aromatic hydroxyl groups is 1. The molecule has 1 rings (SSSR count). The fraction of sp³-hybridized carbons (Fsp3) is 0.400. The Morgan fingerprint density at radius 1 is 1.45 bits per heavy atom. The molecule has 0 atom stereocenters. The third-order valence-electron chi connectivity index (χ3n) is 2.51. The van der Waals surface area contributed by atoms with Crippen LogP contribution in [0.3, 0.4) is 0 Å². The third-order valence-corrected chi connectivity index (χ3v) is 2.91. The molecule has 0 saturated carbocycles. The minimum absolute atomic E-state index is 0.0662. The Morgan fingerprint density at radius 2 is 2.15 bits per heavy atom. The van der Waals surface area contributed by atoms with Crippen LogP contribution in [0, 0.1) is 0 Å². The number of methoxy groups -OCH3 is 1. The molecule has 0 aliphatic heterocycles. The van der Waals surface area contributed by atoms with E-state index >= 15 is 0 Å². The maximum atomic E-state index is 12.0.